The quantitative estimate of drug-likeness (QED) is 0.391. The van der Waals surface area contributed by atoms with Crippen LogP contribution in [0.4, 0.5) is 0 Å². The summed E-state index contributed by atoms with van der Waals surface area (Å²) in [6, 6.07) is 16.6. The number of nitrogens with one attached hydrogen (secondary N) is 1. The van der Waals surface area contributed by atoms with Gasteiger partial charge in [-0.15, -0.1) is 0 Å². The van der Waals surface area contributed by atoms with E-state index >= 15 is 0 Å². The van der Waals surface area contributed by atoms with Crippen molar-refractivity contribution in [3.8, 4) is 5.75 Å². The van der Waals surface area contributed by atoms with Gasteiger partial charge in [-0.05, 0) is 73.5 Å². The zero-order chi connectivity index (χ0) is 25.1. The molecule has 6 nitrogen and oxygen atoms in total. The third-order valence-electron chi connectivity index (χ3n) is 5.64. The van der Waals surface area contributed by atoms with E-state index in [9.17, 15) is 13.5 Å². The van der Waals surface area contributed by atoms with Crippen LogP contribution in [0, 0.1) is 17.8 Å². The molecule has 34 heavy (non-hydrogen) atoms. The molecule has 0 bridgehead atoms. The molecule has 0 saturated carbocycles. The second kappa shape index (κ2) is 13.8. The highest BCUT2D eigenvalue weighted by Crippen LogP contribution is 2.22. The van der Waals surface area contributed by atoms with E-state index in [1.54, 1.807) is 31.4 Å². The van der Waals surface area contributed by atoms with Gasteiger partial charge in [0.25, 0.3) is 0 Å². The van der Waals surface area contributed by atoms with Crippen molar-refractivity contribution in [2.75, 3.05) is 33.3 Å². The molecule has 2 aromatic carbocycles. The summed E-state index contributed by atoms with van der Waals surface area (Å²) in [6.07, 6.45) is 0.590. The van der Waals surface area contributed by atoms with Gasteiger partial charge in [-0.2, -0.15) is 4.31 Å². The van der Waals surface area contributed by atoms with E-state index in [0.717, 1.165) is 19.5 Å². The SMILES string of the molecule is COc1ccc(S(=O)(=O)N(CC(C)C)C[C@@H](O)C[C@@H](CNCC(C)C)Cc2ccccc2)cc1. The van der Waals surface area contributed by atoms with Gasteiger partial charge in [-0.1, -0.05) is 58.0 Å². The molecule has 2 N–H and O–H groups in total. The number of aliphatic hydroxyl groups is 1. The summed E-state index contributed by atoms with van der Waals surface area (Å²) in [7, 11) is -2.19. The van der Waals surface area contributed by atoms with Crippen LogP contribution in [-0.2, 0) is 16.4 Å². The zero-order valence-corrected chi connectivity index (χ0v) is 22.1. The molecule has 190 valence electrons. The third-order valence-corrected chi connectivity index (χ3v) is 7.48. The predicted octanol–water partition coefficient (Wildman–Crippen LogP) is 4.20. The van der Waals surface area contributed by atoms with E-state index in [1.807, 2.05) is 32.0 Å². The number of benzene rings is 2. The zero-order valence-electron chi connectivity index (χ0n) is 21.3. The highest BCUT2D eigenvalue weighted by molar-refractivity contribution is 7.89. The van der Waals surface area contributed by atoms with Crippen molar-refractivity contribution in [2.45, 2.75) is 51.5 Å². The van der Waals surface area contributed by atoms with Crippen molar-refractivity contribution < 1.29 is 18.3 Å². The molecular weight excluding hydrogens is 448 g/mol. The fourth-order valence-corrected chi connectivity index (χ4v) is 5.67. The number of methoxy groups -OCH3 is 1. The van der Waals surface area contributed by atoms with Gasteiger partial charge >= 0.3 is 0 Å². The molecule has 0 radical (unpaired) electrons. The van der Waals surface area contributed by atoms with Crippen molar-refractivity contribution in [2.24, 2.45) is 17.8 Å². The van der Waals surface area contributed by atoms with Crippen LogP contribution in [-0.4, -0.2) is 57.2 Å². The summed E-state index contributed by atoms with van der Waals surface area (Å²) in [5, 5.41) is 14.5. The maximum absolute atomic E-state index is 13.4. The lowest BCUT2D eigenvalue weighted by Crippen LogP contribution is -2.41. The molecule has 2 aromatic rings. The van der Waals surface area contributed by atoms with Crippen molar-refractivity contribution in [1.29, 1.82) is 0 Å². The highest BCUT2D eigenvalue weighted by atomic mass is 32.2. The van der Waals surface area contributed by atoms with Crippen LogP contribution < -0.4 is 10.1 Å². The lowest BCUT2D eigenvalue weighted by atomic mass is 9.93. The first kappa shape index (κ1) is 28.3. The standard InChI is InChI=1S/C27H42N2O4S/c1-21(2)17-28-18-24(15-23-9-7-6-8-10-23)16-25(30)20-29(19-22(3)4)34(31,32)27-13-11-26(33-5)12-14-27/h6-14,21-22,24-25,28,30H,15-20H2,1-5H3/t24-,25-/m0/s1. The number of hydrogen-bond acceptors (Lipinski definition) is 5. The highest BCUT2D eigenvalue weighted by Gasteiger charge is 2.28. The van der Waals surface area contributed by atoms with Gasteiger partial charge in [0, 0.05) is 13.1 Å². The third kappa shape index (κ3) is 9.37. The number of hydrogen-bond donors (Lipinski definition) is 2. The van der Waals surface area contributed by atoms with Crippen molar-refractivity contribution in [3.63, 3.8) is 0 Å². The number of aliphatic hydroxyl groups excluding tert-OH is 1. The van der Waals surface area contributed by atoms with Crippen molar-refractivity contribution >= 4 is 10.0 Å². The monoisotopic (exact) mass is 490 g/mol. The Morgan fingerprint density at radius 2 is 1.56 bits per heavy atom. The molecule has 0 aliphatic carbocycles. The van der Waals surface area contributed by atoms with Gasteiger partial charge in [-0.25, -0.2) is 8.42 Å². The Bertz CT molecular complexity index is 931. The predicted molar refractivity (Wildman–Crippen MR) is 139 cm³/mol. The molecule has 0 aromatic heterocycles. The molecule has 0 unspecified atom stereocenters. The second-order valence-corrected chi connectivity index (χ2v) is 11.8. The summed E-state index contributed by atoms with van der Waals surface area (Å²) in [5.74, 6) is 1.47. The molecule has 0 saturated heterocycles. The molecule has 7 heteroatoms. The summed E-state index contributed by atoms with van der Waals surface area (Å²) >= 11 is 0. The van der Waals surface area contributed by atoms with Gasteiger partial charge in [0.1, 0.15) is 5.75 Å². The Hall–Kier alpha value is -1.93. The lowest BCUT2D eigenvalue weighted by Gasteiger charge is -2.28. The van der Waals surface area contributed by atoms with Gasteiger partial charge in [0.15, 0.2) is 0 Å². The summed E-state index contributed by atoms with van der Waals surface area (Å²) < 4.78 is 33.4. The molecule has 0 amide bonds. The molecule has 2 rings (SSSR count). The minimum atomic E-state index is -3.74. The Labute approximate surface area is 206 Å². The Morgan fingerprint density at radius 3 is 2.12 bits per heavy atom. The minimum Gasteiger partial charge on any atom is -0.497 e. The average molecular weight is 491 g/mol. The lowest BCUT2D eigenvalue weighted by molar-refractivity contribution is 0.114. The van der Waals surface area contributed by atoms with E-state index in [1.165, 1.54) is 9.87 Å². The number of ether oxygens (including phenoxy) is 1. The maximum Gasteiger partial charge on any atom is 0.243 e. The molecule has 0 fully saturated rings. The van der Waals surface area contributed by atoms with Crippen LogP contribution in [0.1, 0.15) is 39.7 Å². The van der Waals surface area contributed by atoms with Crippen LogP contribution in [0.5, 0.6) is 5.75 Å². The second-order valence-electron chi connectivity index (χ2n) is 9.89. The van der Waals surface area contributed by atoms with Gasteiger partial charge in [0.05, 0.1) is 18.1 Å². The molecule has 0 aliphatic rings. The number of rotatable bonds is 15. The Balaban J connectivity index is 2.14. The molecular formula is C27H42N2O4S. The molecule has 0 heterocycles. The first-order valence-electron chi connectivity index (χ1n) is 12.2. The molecule has 2 atom stereocenters. The number of sulfonamides is 1. The summed E-state index contributed by atoms with van der Waals surface area (Å²) in [6.45, 7) is 10.4. The van der Waals surface area contributed by atoms with Crippen LogP contribution >= 0.6 is 0 Å². The number of nitrogens with zero attached hydrogens (tertiary/aromatic N) is 1. The van der Waals surface area contributed by atoms with Gasteiger partial charge in [-0.3, -0.25) is 0 Å². The van der Waals surface area contributed by atoms with Crippen LogP contribution in [0.2, 0.25) is 0 Å². The first-order valence-corrected chi connectivity index (χ1v) is 13.6. The van der Waals surface area contributed by atoms with E-state index in [2.05, 4.69) is 31.3 Å². The fourth-order valence-electron chi connectivity index (χ4n) is 4.03. The van der Waals surface area contributed by atoms with Crippen LogP contribution in [0.15, 0.2) is 59.5 Å². The summed E-state index contributed by atoms with van der Waals surface area (Å²) in [5.41, 5.74) is 1.22. The average Bonchev–Trinajstić information content (AvgIpc) is 2.78. The van der Waals surface area contributed by atoms with E-state index in [0.29, 0.717) is 24.6 Å². The largest absolute Gasteiger partial charge is 0.497 e. The Morgan fingerprint density at radius 1 is 0.912 bits per heavy atom. The fraction of sp³-hybridized carbons (Fsp3) is 0.556. The summed E-state index contributed by atoms with van der Waals surface area (Å²) in [4.78, 5) is 0.209. The minimum absolute atomic E-state index is 0.0714. The van der Waals surface area contributed by atoms with E-state index in [-0.39, 0.29) is 23.3 Å². The molecule has 0 spiro atoms. The van der Waals surface area contributed by atoms with Crippen LogP contribution in [0.3, 0.4) is 0 Å². The van der Waals surface area contributed by atoms with Crippen molar-refractivity contribution in [1.82, 2.24) is 9.62 Å². The van der Waals surface area contributed by atoms with Crippen molar-refractivity contribution in [3.05, 3.63) is 60.2 Å². The Kier molecular flexibility index (Phi) is 11.5. The smallest absolute Gasteiger partial charge is 0.243 e. The molecule has 0 aliphatic heterocycles. The first-order chi connectivity index (χ1) is 16.1. The topological polar surface area (TPSA) is 78.9 Å². The van der Waals surface area contributed by atoms with E-state index < -0.39 is 16.1 Å². The van der Waals surface area contributed by atoms with Gasteiger partial charge < -0.3 is 15.2 Å². The normalized spacial score (nSPS) is 14.0. The van der Waals surface area contributed by atoms with Crippen LogP contribution in [0.25, 0.3) is 0 Å². The van der Waals surface area contributed by atoms with Gasteiger partial charge in [0.2, 0.25) is 10.0 Å². The van der Waals surface area contributed by atoms with E-state index in [4.69, 9.17) is 4.74 Å². The maximum atomic E-state index is 13.4.